The molecule has 4 nitrogen and oxygen atoms in total. The van der Waals surface area contributed by atoms with Crippen molar-refractivity contribution in [2.45, 2.75) is 70.4 Å². The van der Waals surface area contributed by atoms with Crippen molar-refractivity contribution in [1.29, 1.82) is 0 Å². The first kappa shape index (κ1) is 12.9. The van der Waals surface area contributed by atoms with Gasteiger partial charge in [-0.15, -0.1) is 0 Å². The molecule has 0 aromatic carbocycles. The number of hydrogen-bond acceptors (Lipinski definition) is 2. The molecule has 3 fully saturated rings. The standard InChI is InChI=1S/C15H24N2O2/c1-2-11-8-9-16-13(10-11)14(18)17(15(16)19)12-6-4-3-5-7-12/h11-13H,2-10H2,1H3. The van der Waals surface area contributed by atoms with Gasteiger partial charge in [0.05, 0.1) is 0 Å². The van der Waals surface area contributed by atoms with Crippen LogP contribution in [0, 0.1) is 5.92 Å². The molecule has 2 saturated heterocycles. The van der Waals surface area contributed by atoms with Crippen molar-refractivity contribution >= 4 is 11.9 Å². The van der Waals surface area contributed by atoms with Crippen molar-refractivity contribution in [3.8, 4) is 0 Å². The van der Waals surface area contributed by atoms with Crippen LogP contribution in [0.15, 0.2) is 0 Å². The molecular formula is C15H24N2O2. The lowest BCUT2D eigenvalue weighted by Gasteiger charge is -2.32. The van der Waals surface area contributed by atoms with E-state index in [1.165, 1.54) is 6.42 Å². The number of urea groups is 1. The molecule has 1 aliphatic carbocycles. The summed E-state index contributed by atoms with van der Waals surface area (Å²) in [6, 6.07) is 0.0315. The van der Waals surface area contributed by atoms with Gasteiger partial charge in [-0.2, -0.15) is 0 Å². The summed E-state index contributed by atoms with van der Waals surface area (Å²) < 4.78 is 0. The van der Waals surface area contributed by atoms with Crippen LogP contribution < -0.4 is 0 Å². The summed E-state index contributed by atoms with van der Waals surface area (Å²) in [5, 5.41) is 0. The maximum Gasteiger partial charge on any atom is 0.327 e. The lowest BCUT2D eigenvalue weighted by molar-refractivity contribution is -0.131. The molecule has 0 bridgehead atoms. The minimum atomic E-state index is -0.145. The third kappa shape index (κ3) is 2.15. The highest BCUT2D eigenvalue weighted by atomic mass is 16.2. The van der Waals surface area contributed by atoms with E-state index in [-0.39, 0.29) is 24.0 Å². The van der Waals surface area contributed by atoms with Crippen LogP contribution in [0.5, 0.6) is 0 Å². The number of carbonyl (C=O) groups is 2. The first-order valence-electron chi connectivity index (χ1n) is 7.86. The Bertz CT molecular complexity index is 376. The molecule has 2 unspecified atom stereocenters. The lowest BCUT2D eigenvalue weighted by Crippen LogP contribution is -2.42. The summed E-state index contributed by atoms with van der Waals surface area (Å²) in [6.45, 7) is 2.96. The fraction of sp³-hybridized carbons (Fsp3) is 0.867. The third-order valence-corrected chi connectivity index (χ3v) is 5.20. The number of carbonyl (C=O) groups excluding carboxylic acids is 2. The first-order valence-corrected chi connectivity index (χ1v) is 7.86. The van der Waals surface area contributed by atoms with Crippen molar-refractivity contribution < 1.29 is 9.59 Å². The molecule has 106 valence electrons. The molecule has 1 saturated carbocycles. The van der Waals surface area contributed by atoms with E-state index in [4.69, 9.17) is 0 Å². The summed E-state index contributed by atoms with van der Waals surface area (Å²) in [5.41, 5.74) is 0. The second kappa shape index (κ2) is 5.14. The second-order valence-corrected chi connectivity index (χ2v) is 6.29. The topological polar surface area (TPSA) is 40.6 Å². The van der Waals surface area contributed by atoms with Crippen LogP contribution in [-0.4, -0.2) is 40.4 Å². The fourth-order valence-corrected chi connectivity index (χ4v) is 3.94. The highest BCUT2D eigenvalue weighted by Crippen LogP contribution is 2.35. The van der Waals surface area contributed by atoms with E-state index in [0.29, 0.717) is 5.92 Å². The Morgan fingerprint density at radius 3 is 2.53 bits per heavy atom. The van der Waals surface area contributed by atoms with Gasteiger partial charge < -0.3 is 4.90 Å². The van der Waals surface area contributed by atoms with E-state index in [1.54, 1.807) is 4.90 Å². The maximum absolute atomic E-state index is 12.6. The number of imide groups is 1. The number of amides is 3. The van der Waals surface area contributed by atoms with Gasteiger partial charge in [-0.05, 0) is 31.6 Å². The SMILES string of the molecule is CCC1CCN2C(=O)N(C3CCCCC3)C(=O)C2C1. The Morgan fingerprint density at radius 1 is 1.11 bits per heavy atom. The summed E-state index contributed by atoms with van der Waals surface area (Å²) in [4.78, 5) is 28.5. The minimum Gasteiger partial charge on any atom is -0.312 e. The molecule has 2 aliphatic heterocycles. The summed E-state index contributed by atoms with van der Waals surface area (Å²) in [7, 11) is 0. The molecule has 0 aromatic rings. The Kier molecular flexibility index (Phi) is 3.50. The van der Waals surface area contributed by atoms with Gasteiger partial charge in [0.1, 0.15) is 6.04 Å². The van der Waals surface area contributed by atoms with Gasteiger partial charge in [-0.3, -0.25) is 9.69 Å². The predicted molar refractivity (Wildman–Crippen MR) is 72.6 cm³/mol. The van der Waals surface area contributed by atoms with Crippen molar-refractivity contribution in [3.63, 3.8) is 0 Å². The van der Waals surface area contributed by atoms with Crippen LogP contribution in [-0.2, 0) is 4.79 Å². The van der Waals surface area contributed by atoms with E-state index >= 15 is 0 Å². The maximum atomic E-state index is 12.6. The molecule has 0 aromatic heterocycles. The van der Waals surface area contributed by atoms with Crippen LogP contribution >= 0.6 is 0 Å². The normalized spacial score (nSPS) is 32.9. The van der Waals surface area contributed by atoms with Crippen LogP contribution in [0.3, 0.4) is 0 Å². The summed E-state index contributed by atoms with van der Waals surface area (Å²) >= 11 is 0. The molecule has 0 N–H and O–H groups in total. The average molecular weight is 264 g/mol. The Balaban J connectivity index is 1.76. The van der Waals surface area contributed by atoms with E-state index in [9.17, 15) is 9.59 Å². The number of rotatable bonds is 2. The van der Waals surface area contributed by atoms with Gasteiger partial charge in [0, 0.05) is 12.6 Å². The smallest absolute Gasteiger partial charge is 0.312 e. The highest BCUT2D eigenvalue weighted by molar-refractivity contribution is 6.04. The minimum absolute atomic E-state index is 0.00328. The zero-order valence-electron chi connectivity index (χ0n) is 11.8. The molecule has 3 aliphatic rings. The van der Waals surface area contributed by atoms with E-state index in [0.717, 1.165) is 51.5 Å². The van der Waals surface area contributed by atoms with Gasteiger partial charge in [-0.1, -0.05) is 32.6 Å². The first-order chi connectivity index (χ1) is 9.22. The van der Waals surface area contributed by atoms with Gasteiger partial charge in [0.25, 0.3) is 5.91 Å². The number of hydrogen-bond donors (Lipinski definition) is 0. The van der Waals surface area contributed by atoms with Crippen LogP contribution in [0.1, 0.15) is 58.3 Å². The fourth-order valence-electron chi connectivity index (χ4n) is 3.94. The molecule has 2 atom stereocenters. The van der Waals surface area contributed by atoms with E-state index < -0.39 is 0 Å². The van der Waals surface area contributed by atoms with Gasteiger partial charge in [0.15, 0.2) is 0 Å². The van der Waals surface area contributed by atoms with Crippen molar-refractivity contribution in [2.75, 3.05) is 6.54 Å². The molecule has 0 radical (unpaired) electrons. The third-order valence-electron chi connectivity index (χ3n) is 5.20. The van der Waals surface area contributed by atoms with Crippen molar-refractivity contribution in [3.05, 3.63) is 0 Å². The Hall–Kier alpha value is -1.06. The second-order valence-electron chi connectivity index (χ2n) is 6.29. The zero-order valence-corrected chi connectivity index (χ0v) is 11.8. The monoisotopic (exact) mass is 264 g/mol. The number of nitrogens with zero attached hydrogens (tertiary/aromatic N) is 2. The Morgan fingerprint density at radius 2 is 1.84 bits per heavy atom. The van der Waals surface area contributed by atoms with Gasteiger partial charge >= 0.3 is 6.03 Å². The van der Waals surface area contributed by atoms with Crippen LogP contribution in [0.25, 0.3) is 0 Å². The van der Waals surface area contributed by atoms with E-state index in [1.807, 2.05) is 4.90 Å². The number of piperidine rings is 1. The highest BCUT2D eigenvalue weighted by Gasteiger charge is 2.49. The van der Waals surface area contributed by atoms with Crippen LogP contribution in [0.2, 0.25) is 0 Å². The zero-order chi connectivity index (χ0) is 13.4. The molecule has 0 spiro atoms. The molecular weight excluding hydrogens is 240 g/mol. The van der Waals surface area contributed by atoms with Crippen molar-refractivity contribution in [2.24, 2.45) is 5.92 Å². The molecule has 19 heavy (non-hydrogen) atoms. The predicted octanol–water partition coefficient (Wildman–Crippen LogP) is 2.77. The number of fused-ring (bicyclic) bond motifs is 1. The molecule has 4 heteroatoms. The van der Waals surface area contributed by atoms with Crippen molar-refractivity contribution in [1.82, 2.24) is 9.80 Å². The largest absolute Gasteiger partial charge is 0.327 e. The van der Waals surface area contributed by atoms with Gasteiger partial charge in [-0.25, -0.2) is 4.79 Å². The summed E-state index contributed by atoms with van der Waals surface area (Å²) in [5.74, 6) is 0.708. The average Bonchev–Trinajstić information content (AvgIpc) is 2.71. The molecule has 3 amide bonds. The summed E-state index contributed by atoms with van der Waals surface area (Å²) in [6.07, 6.45) is 8.64. The van der Waals surface area contributed by atoms with Gasteiger partial charge in [0.2, 0.25) is 0 Å². The molecule has 2 heterocycles. The van der Waals surface area contributed by atoms with Crippen LogP contribution in [0.4, 0.5) is 4.79 Å². The Labute approximate surface area is 115 Å². The molecule has 3 rings (SSSR count). The van der Waals surface area contributed by atoms with E-state index in [2.05, 4.69) is 6.92 Å². The quantitative estimate of drug-likeness (QED) is 0.720. The lowest BCUT2D eigenvalue weighted by atomic mass is 9.89.